The van der Waals surface area contributed by atoms with Crippen LogP contribution in [0.1, 0.15) is 46.4 Å². The fraction of sp³-hybridized carbons (Fsp3) is 0.786. The van der Waals surface area contributed by atoms with Gasteiger partial charge in [-0.3, -0.25) is 0 Å². The van der Waals surface area contributed by atoms with Crippen molar-refractivity contribution in [1.82, 2.24) is 14.9 Å². The molecule has 1 rings (SSSR count). The maximum absolute atomic E-state index is 5.59. The maximum Gasteiger partial charge on any atom is 0.0952 e. The van der Waals surface area contributed by atoms with Crippen LogP contribution >= 0.6 is 0 Å². The Morgan fingerprint density at radius 3 is 2.61 bits per heavy atom. The highest BCUT2D eigenvalue weighted by molar-refractivity contribution is 5.01. The largest absolute Gasteiger partial charge is 0.380 e. The summed E-state index contributed by atoms with van der Waals surface area (Å²) in [6.07, 6.45) is 3.86. The number of ether oxygens (including phenoxy) is 1. The first-order valence-corrected chi connectivity index (χ1v) is 6.88. The average molecular weight is 253 g/mol. The molecule has 0 aliphatic heterocycles. The standard InChI is InChI=1S/C14H27N3O/c1-6-18-9-14(11(2)3)17-10-15-7-13(17)8-16-12(4)5/h7,10-12,14,16H,6,8-9H2,1-5H3. The van der Waals surface area contributed by atoms with E-state index in [0.29, 0.717) is 18.0 Å². The Labute approximate surface area is 111 Å². The lowest BCUT2D eigenvalue weighted by atomic mass is 10.0. The van der Waals surface area contributed by atoms with E-state index in [2.05, 4.69) is 42.6 Å². The van der Waals surface area contributed by atoms with Gasteiger partial charge >= 0.3 is 0 Å². The Kier molecular flexibility index (Phi) is 6.36. The van der Waals surface area contributed by atoms with Crippen molar-refractivity contribution in [3.8, 4) is 0 Å². The fourth-order valence-electron chi connectivity index (χ4n) is 1.91. The van der Waals surface area contributed by atoms with E-state index in [-0.39, 0.29) is 0 Å². The number of aromatic nitrogens is 2. The molecule has 4 nitrogen and oxygen atoms in total. The molecule has 104 valence electrons. The minimum atomic E-state index is 0.358. The number of hydrogen-bond acceptors (Lipinski definition) is 3. The third-order valence-corrected chi connectivity index (χ3v) is 3.06. The molecule has 18 heavy (non-hydrogen) atoms. The topological polar surface area (TPSA) is 39.1 Å². The molecule has 0 saturated heterocycles. The van der Waals surface area contributed by atoms with Crippen LogP contribution in [-0.4, -0.2) is 28.8 Å². The Morgan fingerprint density at radius 1 is 1.33 bits per heavy atom. The van der Waals surface area contributed by atoms with Crippen LogP contribution in [0.25, 0.3) is 0 Å². The number of hydrogen-bond donors (Lipinski definition) is 1. The molecule has 0 aromatic carbocycles. The zero-order chi connectivity index (χ0) is 13.5. The molecule has 1 aromatic rings. The van der Waals surface area contributed by atoms with Crippen molar-refractivity contribution in [2.45, 2.75) is 53.2 Å². The zero-order valence-corrected chi connectivity index (χ0v) is 12.3. The van der Waals surface area contributed by atoms with Crippen LogP contribution in [0.3, 0.4) is 0 Å². The van der Waals surface area contributed by atoms with Gasteiger partial charge in [-0.15, -0.1) is 0 Å². The lowest BCUT2D eigenvalue weighted by Crippen LogP contribution is -2.27. The third kappa shape index (κ3) is 4.42. The molecule has 1 atom stereocenters. The van der Waals surface area contributed by atoms with Gasteiger partial charge in [-0.05, 0) is 12.8 Å². The molecule has 0 aliphatic carbocycles. The van der Waals surface area contributed by atoms with Crippen molar-refractivity contribution in [2.24, 2.45) is 5.92 Å². The van der Waals surface area contributed by atoms with Gasteiger partial charge in [0.25, 0.3) is 0 Å². The molecule has 0 aliphatic rings. The second kappa shape index (κ2) is 7.54. The molecule has 0 saturated carbocycles. The smallest absolute Gasteiger partial charge is 0.0952 e. The number of nitrogens with one attached hydrogen (secondary N) is 1. The summed E-state index contributed by atoms with van der Waals surface area (Å²) in [5.41, 5.74) is 1.22. The molecule has 0 fully saturated rings. The van der Waals surface area contributed by atoms with E-state index >= 15 is 0 Å². The summed E-state index contributed by atoms with van der Waals surface area (Å²) in [6, 6.07) is 0.842. The molecule has 0 spiro atoms. The first-order valence-electron chi connectivity index (χ1n) is 6.88. The molecule has 1 aromatic heterocycles. The van der Waals surface area contributed by atoms with E-state index in [9.17, 15) is 0 Å². The Morgan fingerprint density at radius 2 is 2.06 bits per heavy atom. The van der Waals surface area contributed by atoms with E-state index in [4.69, 9.17) is 4.74 Å². The molecule has 0 radical (unpaired) electrons. The van der Waals surface area contributed by atoms with Crippen LogP contribution in [0, 0.1) is 5.92 Å². The number of imidazole rings is 1. The van der Waals surface area contributed by atoms with E-state index in [1.54, 1.807) is 0 Å². The van der Waals surface area contributed by atoms with Gasteiger partial charge in [-0.2, -0.15) is 0 Å². The van der Waals surface area contributed by atoms with Crippen molar-refractivity contribution < 1.29 is 4.74 Å². The van der Waals surface area contributed by atoms with Crippen molar-refractivity contribution in [1.29, 1.82) is 0 Å². The van der Waals surface area contributed by atoms with Crippen molar-refractivity contribution in [3.63, 3.8) is 0 Å². The van der Waals surface area contributed by atoms with Gasteiger partial charge in [0.05, 0.1) is 24.7 Å². The van der Waals surface area contributed by atoms with Crippen LogP contribution in [0.2, 0.25) is 0 Å². The van der Waals surface area contributed by atoms with Gasteiger partial charge in [0.15, 0.2) is 0 Å². The molecule has 1 N–H and O–H groups in total. The van der Waals surface area contributed by atoms with E-state index in [1.807, 2.05) is 19.4 Å². The highest BCUT2D eigenvalue weighted by atomic mass is 16.5. The predicted molar refractivity (Wildman–Crippen MR) is 74.6 cm³/mol. The summed E-state index contributed by atoms with van der Waals surface area (Å²) in [5, 5.41) is 3.44. The predicted octanol–water partition coefficient (Wildman–Crippen LogP) is 2.61. The van der Waals surface area contributed by atoms with Crippen LogP contribution in [0.15, 0.2) is 12.5 Å². The van der Waals surface area contributed by atoms with Gasteiger partial charge in [0, 0.05) is 25.4 Å². The summed E-state index contributed by atoms with van der Waals surface area (Å²) < 4.78 is 7.84. The first-order chi connectivity index (χ1) is 8.56. The lowest BCUT2D eigenvalue weighted by molar-refractivity contribution is 0.0952. The van der Waals surface area contributed by atoms with Gasteiger partial charge in [0.2, 0.25) is 0 Å². The SMILES string of the molecule is CCOCC(C(C)C)n1cncc1CNC(C)C. The number of rotatable bonds is 8. The zero-order valence-electron chi connectivity index (χ0n) is 12.3. The van der Waals surface area contributed by atoms with Gasteiger partial charge in [0.1, 0.15) is 0 Å². The van der Waals surface area contributed by atoms with Crippen molar-refractivity contribution in [2.75, 3.05) is 13.2 Å². The normalized spacial score (nSPS) is 13.5. The molecule has 1 heterocycles. The van der Waals surface area contributed by atoms with Gasteiger partial charge in [-0.1, -0.05) is 27.7 Å². The van der Waals surface area contributed by atoms with Crippen LogP contribution in [0.4, 0.5) is 0 Å². The molecular formula is C14H27N3O. The Hall–Kier alpha value is -0.870. The van der Waals surface area contributed by atoms with Crippen molar-refractivity contribution in [3.05, 3.63) is 18.2 Å². The van der Waals surface area contributed by atoms with Crippen molar-refractivity contribution >= 4 is 0 Å². The minimum absolute atomic E-state index is 0.358. The highest BCUT2D eigenvalue weighted by Gasteiger charge is 2.18. The van der Waals surface area contributed by atoms with E-state index < -0.39 is 0 Å². The summed E-state index contributed by atoms with van der Waals surface area (Å²) >= 11 is 0. The lowest BCUT2D eigenvalue weighted by Gasteiger charge is -2.24. The minimum Gasteiger partial charge on any atom is -0.380 e. The summed E-state index contributed by atoms with van der Waals surface area (Å²) in [5.74, 6) is 0.531. The fourth-order valence-corrected chi connectivity index (χ4v) is 1.91. The molecule has 0 bridgehead atoms. The van der Waals surface area contributed by atoms with Crippen LogP contribution in [0.5, 0.6) is 0 Å². The summed E-state index contributed by atoms with van der Waals surface area (Å²) in [6.45, 7) is 13.2. The number of nitrogens with zero attached hydrogens (tertiary/aromatic N) is 2. The highest BCUT2D eigenvalue weighted by Crippen LogP contribution is 2.20. The summed E-state index contributed by atoms with van der Waals surface area (Å²) in [7, 11) is 0. The molecular weight excluding hydrogens is 226 g/mol. The molecule has 1 unspecified atom stereocenters. The van der Waals surface area contributed by atoms with Gasteiger partial charge < -0.3 is 14.6 Å². The summed E-state index contributed by atoms with van der Waals surface area (Å²) in [4.78, 5) is 4.28. The third-order valence-electron chi connectivity index (χ3n) is 3.06. The Balaban J connectivity index is 2.74. The maximum atomic E-state index is 5.59. The van der Waals surface area contributed by atoms with E-state index in [0.717, 1.165) is 19.8 Å². The average Bonchev–Trinajstić information content (AvgIpc) is 2.75. The second-order valence-corrected chi connectivity index (χ2v) is 5.30. The van der Waals surface area contributed by atoms with Gasteiger partial charge in [-0.25, -0.2) is 4.98 Å². The first kappa shape index (κ1) is 15.2. The monoisotopic (exact) mass is 253 g/mol. The molecule has 0 amide bonds. The quantitative estimate of drug-likeness (QED) is 0.774. The van der Waals surface area contributed by atoms with Crippen LogP contribution < -0.4 is 5.32 Å². The molecule has 4 heteroatoms. The van der Waals surface area contributed by atoms with E-state index in [1.165, 1.54) is 5.69 Å². The van der Waals surface area contributed by atoms with Crippen LogP contribution in [-0.2, 0) is 11.3 Å². The Bertz CT molecular complexity index is 334. The second-order valence-electron chi connectivity index (χ2n) is 5.30.